The normalized spacial score (nSPS) is 8.17. The Morgan fingerprint density at radius 3 is 2.08 bits per heavy atom. The van der Waals surface area contributed by atoms with Gasteiger partial charge in [0.2, 0.25) is 5.95 Å². The van der Waals surface area contributed by atoms with Crippen LogP contribution in [0.25, 0.3) is 0 Å². The van der Waals surface area contributed by atoms with E-state index in [1.807, 2.05) is 0 Å². The molecule has 0 amide bonds. The van der Waals surface area contributed by atoms with E-state index < -0.39 is 0 Å². The summed E-state index contributed by atoms with van der Waals surface area (Å²) in [7, 11) is 0. The molecule has 0 aliphatic heterocycles. The first-order valence-corrected chi connectivity index (χ1v) is 3.45. The molecule has 0 spiro atoms. The molecule has 4 nitrogen and oxygen atoms in total. The van der Waals surface area contributed by atoms with E-state index in [1.165, 1.54) is 0 Å². The number of anilines is 2. The number of rotatable bonds is 0. The van der Waals surface area contributed by atoms with Crippen LogP contribution in [0, 0.1) is 6.92 Å². The average molecular weight is 365 g/mol. The van der Waals surface area contributed by atoms with E-state index in [0.717, 1.165) is 5.69 Å². The summed E-state index contributed by atoms with van der Waals surface area (Å²) in [4.78, 5) is 7.61. The average Bonchev–Trinajstić information content (AvgIpc) is 1.82. The molecule has 0 aliphatic rings. The molecule has 0 radical (unpaired) electrons. The van der Waals surface area contributed by atoms with Crippen molar-refractivity contribution in [3.63, 3.8) is 0 Å². The van der Waals surface area contributed by atoms with Crippen molar-refractivity contribution >= 4 is 61.7 Å². The van der Waals surface area contributed by atoms with E-state index in [4.69, 9.17) is 11.5 Å². The van der Waals surface area contributed by atoms with E-state index in [1.54, 1.807) is 6.92 Å². The van der Waals surface area contributed by atoms with Gasteiger partial charge in [-0.15, -0.1) is 34.0 Å². The van der Waals surface area contributed by atoms with Crippen LogP contribution < -0.4 is 11.5 Å². The molecular formula is C5H9Br3N4. The molecule has 1 heterocycles. The Morgan fingerprint density at radius 1 is 1.17 bits per heavy atom. The summed E-state index contributed by atoms with van der Waals surface area (Å²) >= 11 is 3.21. The highest BCUT2D eigenvalue weighted by atomic mass is 79.9. The predicted molar refractivity (Wildman–Crippen MR) is 63.9 cm³/mol. The molecule has 0 unspecified atom stereocenters. The fourth-order valence-corrected chi connectivity index (χ4v) is 0.781. The Hall–Kier alpha value is 0.120. The smallest absolute Gasteiger partial charge is 0.222 e. The van der Waals surface area contributed by atoms with E-state index >= 15 is 0 Å². The van der Waals surface area contributed by atoms with Crippen LogP contribution in [-0.4, -0.2) is 9.97 Å². The number of halogens is 3. The SMILES string of the molecule is Br.Br.Cc1nc(N)nc(N)c1Br. The third kappa shape index (κ3) is 3.24. The van der Waals surface area contributed by atoms with Crippen LogP contribution in [0.3, 0.4) is 0 Å². The highest BCUT2D eigenvalue weighted by molar-refractivity contribution is 9.10. The van der Waals surface area contributed by atoms with Gasteiger partial charge in [0.15, 0.2) is 0 Å². The Balaban J connectivity index is 0. The van der Waals surface area contributed by atoms with Crippen molar-refractivity contribution < 1.29 is 0 Å². The van der Waals surface area contributed by atoms with Gasteiger partial charge in [0.05, 0.1) is 10.2 Å². The van der Waals surface area contributed by atoms with Crippen molar-refractivity contribution in [1.82, 2.24) is 9.97 Å². The molecule has 12 heavy (non-hydrogen) atoms. The van der Waals surface area contributed by atoms with Crippen LogP contribution in [0.1, 0.15) is 5.69 Å². The molecular weight excluding hydrogens is 356 g/mol. The van der Waals surface area contributed by atoms with Gasteiger partial charge in [-0.3, -0.25) is 0 Å². The fourth-order valence-electron chi connectivity index (χ4n) is 0.604. The highest BCUT2D eigenvalue weighted by Crippen LogP contribution is 2.19. The monoisotopic (exact) mass is 362 g/mol. The van der Waals surface area contributed by atoms with Crippen LogP contribution in [0.4, 0.5) is 11.8 Å². The van der Waals surface area contributed by atoms with E-state index in [0.29, 0.717) is 10.3 Å². The third-order valence-corrected chi connectivity index (χ3v) is 2.04. The Morgan fingerprint density at radius 2 is 1.67 bits per heavy atom. The second kappa shape index (κ2) is 5.71. The summed E-state index contributed by atoms with van der Waals surface area (Å²) < 4.78 is 0.710. The van der Waals surface area contributed by atoms with E-state index in [9.17, 15) is 0 Å². The van der Waals surface area contributed by atoms with Crippen molar-refractivity contribution in [1.29, 1.82) is 0 Å². The molecule has 0 atom stereocenters. The molecule has 7 heteroatoms. The summed E-state index contributed by atoms with van der Waals surface area (Å²) in [6.07, 6.45) is 0. The number of nitrogens with two attached hydrogens (primary N) is 2. The Labute approximate surface area is 99.8 Å². The number of aromatic nitrogens is 2. The lowest BCUT2D eigenvalue weighted by Crippen LogP contribution is -2.02. The molecule has 0 fully saturated rings. The van der Waals surface area contributed by atoms with Crippen LogP contribution in [0.15, 0.2) is 4.47 Å². The highest BCUT2D eigenvalue weighted by Gasteiger charge is 2.02. The number of aryl methyl sites for hydroxylation is 1. The lowest BCUT2D eigenvalue weighted by atomic mass is 10.4. The standard InChI is InChI=1S/C5H7BrN4.2BrH/c1-2-3(6)4(7)10-5(8)9-2;;/h1H3,(H4,7,8,9,10);2*1H. The van der Waals surface area contributed by atoms with E-state index in [2.05, 4.69) is 25.9 Å². The van der Waals surface area contributed by atoms with Crippen molar-refractivity contribution in [2.24, 2.45) is 0 Å². The minimum Gasteiger partial charge on any atom is -0.383 e. The summed E-state index contributed by atoms with van der Waals surface area (Å²) in [6, 6.07) is 0. The number of hydrogen-bond acceptors (Lipinski definition) is 4. The minimum absolute atomic E-state index is 0. The predicted octanol–water partition coefficient (Wildman–Crippen LogP) is 1.87. The van der Waals surface area contributed by atoms with Crippen LogP contribution in [0.5, 0.6) is 0 Å². The zero-order chi connectivity index (χ0) is 7.72. The molecule has 0 aromatic carbocycles. The first-order valence-electron chi connectivity index (χ1n) is 2.66. The van der Waals surface area contributed by atoms with Gasteiger partial charge in [0.1, 0.15) is 5.82 Å². The van der Waals surface area contributed by atoms with Gasteiger partial charge >= 0.3 is 0 Å². The summed E-state index contributed by atoms with van der Waals surface area (Å²) in [5.74, 6) is 0.586. The summed E-state index contributed by atoms with van der Waals surface area (Å²) in [6.45, 7) is 1.80. The number of nitrogen functional groups attached to an aromatic ring is 2. The molecule has 1 aromatic rings. The molecule has 70 valence electrons. The van der Waals surface area contributed by atoms with Crippen LogP contribution in [0.2, 0.25) is 0 Å². The number of nitrogens with zero attached hydrogens (tertiary/aromatic N) is 2. The van der Waals surface area contributed by atoms with Crippen molar-refractivity contribution in [2.45, 2.75) is 6.92 Å². The largest absolute Gasteiger partial charge is 0.383 e. The van der Waals surface area contributed by atoms with Crippen molar-refractivity contribution in [3.8, 4) is 0 Å². The second-order valence-corrected chi connectivity index (χ2v) is 2.66. The lowest BCUT2D eigenvalue weighted by Gasteiger charge is -2.00. The maximum atomic E-state index is 5.44. The molecule has 1 rings (SSSR count). The first-order chi connectivity index (χ1) is 4.61. The van der Waals surface area contributed by atoms with Crippen LogP contribution >= 0.6 is 49.9 Å². The van der Waals surface area contributed by atoms with Gasteiger partial charge in [-0.1, -0.05) is 0 Å². The molecule has 0 aliphatic carbocycles. The fraction of sp³-hybridized carbons (Fsp3) is 0.200. The first kappa shape index (κ1) is 14.6. The molecule has 0 saturated heterocycles. The van der Waals surface area contributed by atoms with E-state index in [-0.39, 0.29) is 39.9 Å². The van der Waals surface area contributed by atoms with Gasteiger partial charge in [-0.25, -0.2) is 4.98 Å². The second-order valence-electron chi connectivity index (χ2n) is 1.87. The maximum absolute atomic E-state index is 5.44. The topological polar surface area (TPSA) is 77.8 Å². The lowest BCUT2D eigenvalue weighted by molar-refractivity contribution is 1.11. The Kier molecular flexibility index (Phi) is 6.97. The quantitative estimate of drug-likeness (QED) is 0.736. The molecule has 4 N–H and O–H groups in total. The van der Waals surface area contributed by atoms with Gasteiger partial charge in [0, 0.05) is 0 Å². The zero-order valence-corrected chi connectivity index (χ0v) is 11.3. The summed E-state index contributed by atoms with van der Waals surface area (Å²) in [5, 5.41) is 0. The number of hydrogen-bond donors (Lipinski definition) is 2. The Bertz CT molecular complexity index is 242. The van der Waals surface area contributed by atoms with Crippen molar-refractivity contribution in [3.05, 3.63) is 10.2 Å². The van der Waals surface area contributed by atoms with Crippen LogP contribution in [-0.2, 0) is 0 Å². The maximum Gasteiger partial charge on any atom is 0.222 e. The van der Waals surface area contributed by atoms with Gasteiger partial charge in [0.25, 0.3) is 0 Å². The molecule has 0 bridgehead atoms. The molecule has 0 saturated carbocycles. The van der Waals surface area contributed by atoms with Crippen molar-refractivity contribution in [2.75, 3.05) is 11.5 Å². The van der Waals surface area contributed by atoms with Gasteiger partial charge in [-0.2, -0.15) is 4.98 Å². The van der Waals surface area contributed by atoms with Gasteiger partial charge in [-0.05, 0) is 22.9 Å². The summed E-state index contributed by atoms with van der Waals surface area (Å²) in [5.41, 5.74) is 11.5. The molecule has 1 aromatic heterocycles. The van der Waals surface area contributed by atoms with Gasteiger partial charge < -0.3 is 11.5 Å². The zero-order valence-electron chi connectivity index (χ0n) is 6.24. The minimum atomic E-state index is 0. The third-order valence-electron chi connectivity index (χ3n) is 1.06.